The number of anilines is 1. The summed E-state index contributed by atoms with van der Waals surface area (Å²) in [6.07, 6.45) is 0.0149. The lowest BCUT2D eigenvalue weighted by Crippen LogP contribution is -2.47. The second-order valence-electron chi connectivity index (χ2n) is 11.4. The molecule has 2 aliphatic heterocycles. The summed E-state index contributed by atoms with van der Waals surface area (Å²) in [6.45, 7) is 4.94. The van der Waals surface area contributed by atoms with Crippen LogP contribution in [0, 0.1) is 5.92 Å². The Labute approximate surface area is 225 Å². The van der Waals surface area contributed by atoms with E-state index in [1.165, 1.54) is 11.0 Å². The molecule has 7 nitrogen and oxygen atoms in total. The van der Waals surface area contributed by atoms with E-state index in [9.17, 15) is 18.0 Å². The van der Waals surface area contributed by atoms with Gasteiger partial charge in [0.25, 0.3) is 5.91 Å². The number of aromatic nitrogens is 3. The van der Waals surface area contributed by atoms with Gasteiger partial charge in [0.05, 0.1) is 18.7 Å². The molecule has 0 spiro atoms. The van der Waals surface area contributed by atoms with Crippen molar-refractivity contribution in [3.05, 3.63) is 76.4 Å². The number of aryl methyl sites for hydroxylation is 1. The van der Waals surface area contributed by atoms with E-state index in [0.717, 1.165) is 30.7 Å². The SMILES string of the molecule is C[C@H](c1cccc(N2Cc3c(cc(CNC4(C)CCC4)cc3C(F)(F)F)C2=O)c1)[C@H]1CO[C@@H]1c1nncn1C. The van der Waals surface area contributed by atoms with Crippen molar-refractivity contribution < 1.29 is 22.7 Å². The highest BCUT2D eigenvalue weighted by Gasteiger charge is 2.42. The highest BCUT2D eigenvalue weighted by molar-refractivity contribution is 6.10. The molecule has 1 amide bonds. The molecule has 3 aliphatic rings. The van der Waals surface area contributed by atoms with Gasteiger partial charge in [-0.1, -0.05) is 19.1 Å². The van der Waals surface area contributed by atoms with Crippen LogP contribution in [-0.2, 0) is 31.1 Å². The fourth-order valence-corrected chi connectivity index (χ4v) is 5.98. The van der Waals surface area contributed by atoms with Gasteiger partial charge in [0.1, 0.15) is 12.4 Å². The monoisotopic (exact) mass is 539 g/mol. The molecule has 2 aromatic carbocycles. The van der Waals surface area contributed by atoms with Crippen molar-refractivity contribution in [3.63, 3.8) is 0 Å². The van der Waals surface area contributed by atoms with Crippen LogP contribution in [0.3, 0.4) is 0 Å². The Balaban J connectivity index is 1.26. The number of hydrogen-bond donors (Lipinski definition) is 1. The molecule has 1 N–H and O–H groups in total. The van der Waals surface area contributed by atoms with Crippen LogP contribution < -0.4 is 10.2 Å². The highest BCUT2D eigenvalue weighted by atomic mass is 19.4. The summed E-state index contributed by atoms with van der Waals surface area (Å²) in [6, 6.07) is 10.4. The normalized spacial score (nSPS) is 22.8. The Morgan fingerprint density at radius 3 is 2.64 bits per heavy atom. The third-order valence-electron chi connectivity index (χ3n) is 8.79. The molecule has 6 rings (SSSR count). The van der Waals surface area contributed by atoms with Crippen LogP contribution in [0.2, 0.25) is 0 Å². The number of amides is 1. The maximum Gasteiger partial charge on any atom is 0.416 e. The Kier molecular flexibility index (Phi) is 6.30. The largest absolute Gasteiger partial charge is 0.416 e. The topological polar surface area (TPSA) is 72.3 Å². The second-order valence-corrected chi connectivity index (χ2v) is 11.4. The number of fused-ring (bicyclic) bond motifs is 1. The number of carbonyl (C=O) groups excluding carboxylic acids is 1. The van der Waals surface area contributed by atoms with Crippen molar-refractivity contribution in [2.75, 3.05) is 11.5 Å². The van der Waals surface area contributed by atoms with E-state index >= 15 is 0 Å². The maximum absolute atomic E-state index is 14.1. The van der Waals surface area contributed by atoms with Gasteiger partial charge in [0.15, 0.2) is 5.82 Å². The number of ether oxygens (including phenoxy) is 1. The average Bonchev–Trinajstić information content (AvgIpc) is 3.42. The molecular weight excluding hydrogens is 507 g/mol. The van der Waals surface area contributed by atoms with Crippen LogP contribution >= 0.6 is 0 Å². The zero-order valence-corrected chi connectivity index (χ0v) is 22.3. The van der Waals surface area contributed by atoms with Crippen molar-refractivity contribution >= 4 is 11.6 Å². The van der Waals surface area contributed by atoms with Gasteiger partial charge in [0, 0.05) is 36.3 Å². The van der Waals surface area contributed by atoms with Gasteiger partial charge in [-0.05, 0) is 73.1 Å². The van der Waals surface area contributed by atoms with Crippen molar-refractivity contribution in [2.45, 2.75) is 69.9 Å². The average molecular weight is 540 g/mol. The third kappa shape index (κ3) is 4.63. The number of hydrogen-bond acceptors (Lipinski definition) is 5. The molecule has 1 aliphatic carbocycles. The summed E-state index contributed by atoms with van der Waals surface area (Å²) in [7, 11) is 1.88. The molecule has 1 saturated heterocycles. The first-order chi connectivity index (χ1) is 18.5. The quantitative estimate of drug-likeness (QED) is 0.428. The van der Waals surface area contributed by atoms with Crippen molar-refractivity contribution in [1.29, 1.82) is 0 Å². The summed E-state index contributed by atoms with van der Waals surface area (Å²) in [4.78, 5) is 15.0. The van der Waals surface area contributed by atoms with E-state index in [1.54, 1.807) is 18.5 Å². The van der Waals surface area contributed by atoms with Crippen LogP contribution in [0.25, 0.3) is 0 Å². The molecule has 0 unspecified atom stereocenters. The Hall–Kier alpha value is -3.24. The molecule has 3 aromatic rings. The number of nitrogens with zero attached hydrogens (tertiary/aromatic N) is 4. The number of nitrogens with one attached hydrogen (secondary N) is 1. The molecule has 3 atom stereocenters. The lowest BCUT2D eigenvalue weighted by Gasteiger charge is -2.40. The lowest BCUT2D eigenvalue weighted by atomic mass is 9.78. The van der Waals surface area contributed by atoms with Gasteiger partial charge < -0.3 is 19.5 Å². The predicted molar refractivity (Wildman–Crippen MR) is 139 cm³/mol. The fourth-order valence-electron chi connectivity index (χ4n) is 5.98. The van der Waals surface area contributed by atoms with Gasteiger partial charge in [-0.3, -0.25) is 4.79 Å². The van der Waals surface area contributed by atoms with E-state index in [-0.39, 0.29) is 41.2 Å². The number of alkyl halides is 3. The Morgan fingerprint density at radius 2 is 2.03 bits per heavy atom. The summed E-state index contributed by atoms with van der Waals surface area (Å²) >= 11 is 0. The Bertz CT molecular complexity index is 1410. The summed E-state index contributed by atoms with van der Waals surface area (Å²) in [5.41, 5.74) is 1.45. The van der Waals surface area contributed by atoms with Crippen molar-refractivity contribution in [3.8, 4) is 0 Å². The fraction of sp³-hybridized carbons (Fsp3) is 0.483. The molecule has 1 aromatic heterocycles. The van der Waals surface area contributed by atoms with Gasteiger partial charge in [-0.25, -0.2) is 0 Å². The highest BCUT2D eigenvalue weighted by Crippen LogP contribution is 2.45. The first-order valence-electron chi connectivity index (χ1n) is 13.4. The molecular formula is C29H32F3N5O2. The molecule has 206 valence electrons. The van der Waals surface area contributed by atoms with Gasteiger partial charge in [-0.15, -0.1) is 10.2 Å². The number of rotatable bonds is 7. The van der Waals surface area contributed by atoms with E-state index in [0.29, 0.717) is 24.4 Å². The lowest BCUT2D eigenvalue weighted by molar-refractivity contribution is -0.138. The zero-order valence-electron chi connectivity index (χ0n) is 22.3. The molecule has 0 radical (unpaired) electrons. The molecule has 39 heavy (non-hydrogen) atoms. The number of benzene rings is 2. The van der Waals surface area contributed by atoms with Crippen molar-refractivity contribution in [2.24, 2.45) is 13.0 Å². The second kappa shape index (κ2) is 9.45. The van der Waals surface area contributed by atoms with Crippen LogP contribution in [0.4, 0.5) is 18.9 Å². The van der Waals surface area contributed by atoms with Crippen LogP contribution in [0.1, 0.15) is 83.6 Å². The van der Waals surface area contributed by atoms with Gasteiger partial charge >= 0.3 is 6.18 Å². The molecule has 1 saturated carbocycles. The summed E-state index contributed by atoms with van der Waals surface area (Å²) in [5, 5.41) is 11.5. The number of halogens is 3. The van der Waals surface area contributed by atoms with Crippen molar-refractivity contribution in [1.82, 2.24) is 20.1 Å². The van der Waals surface area contributed by atoms with E-state index in [2.05, 4.69) is 29.4 Å². The first-order valence-corrected chi connectivity index (χ1v) is 13.4. The maximum atomic E-state index is 14.1. The molecule has 3 heterocycles. The van der Waals surface area contributed by atoms with Crippen LogP contribution in [-0.4, -0.2) is 32.8 Å². The third-order valence-corrected chi connectivity index (χ3v) is 8.79. The smallest absolute Gasteiger partial charge is 0.369 e. The summed E-state index contributed by atoms with van der Waals surface area (Å²) < 4.78 is 50.1. The van der Waals surface area contributed by atoms with Gasteiger partial charge in [0.2, 0.25) is 0 Å². The minimum absolute atomic E-state index is 0.0410. The van der Waals surface area contributed by atoms with E-state index in [1.807, 2.05) is 29.8 Å². The minimum atomic E-state index is -4.55. The summed E-state index contributed by atoms with van der Waals surface area (Å²) in [5.74, 6) is 0.604. The Morgan fingerprint density at radius 1 is 1.23 bits per heavy atom. The minimum Gasteiger partial charge on any atom is -0.369 e. The molecule has 0 bridgehead atoms. The van der Waals surface area contributed by atoms with Gasteiger partial charge in [-0.2, -0.15) is 13.2 Å². The van der Waals surface area contributed by atoms with Crippen LogP contribution in [0.5, 0.6) is 0 Å². The predicted octanol–water partition coefficient (Wildman–Crippen LogP) is 5.52. The standard InChI is InChI=1S/C29H32F3N5O2/c1-17(23-15-39-25(23)26-35-34-16-36(26)3)19-6-4-7-20(12-19)37-14-22-21(27(37)38)10-18(11-24(22)29(30,31)32)13-33-28(2)8-5-9-28/h4,6-7,10-12,16-17,23,25,33H,5,8-9,13-15H2,1-3H3/t17-,23-,25+/m1/s1. The molecule has 10 heteroatoms. The van der Waals surface area contributed by atoms with Crippen LogP contribution in [0.15, 0.2) is 42.7 Å². The van der Waals surface area contributed by atoms with E-state index < -0.39 is 17.6 Å². The first kappa shape index (κ1) is 26.0. The molecule has 2 fully saturated rings. The van der Waals surface area contributed by atoms with E-state index in [4.69, 9.17) is 4.74 Å². The number of carbonyl (C=O) groups is 1. The zero-order chi connectivity index (χ0) is 27.5.